The second-order valence-corrected chi connectivity index (χ2v) is 6.15. The molecule has 2 aromatic carbocycles. The number of rotatable bonds is 3. The van der Waals surface area contributed by atoms with Crippen molar-refractivity contribution >= 4 is 39.2 Å². The van der Waals surface area contributed by atoms with Crippen molar-refractivity contribution in [2.75, 3.05) is 5.32 Å². The SMILES string of the molecule is Cc1cccc(NC(=O)/C=C/c2nc3ccccc3s2)c1C. The van der Waals surface area contributed by atoms with E-state index in [-0.39, 0.29) is 5.91 Å². The largest absolute Gasteiger partial charge is 0.322 e. The van der Waals surface area contributed by atoms with Crippen LogP contribution in [-0.4, -0.2) is 10.9 Å². The quantitative estimate of drug-likeness (QED) is 0.720. The lowest BCUT2D eigenvalue weighted by atomic mass is 10.1. The van der Waals surface area contributed by atoms with E-state index in [1.807, 2.05) is 56.3 Å². The van der Waals surface area contributed by atoms with E-state index in [0.29, 0.717) is 0 Å². The van der Waals surface area contributed by atoms with Gasteiger partial charge in [-0.3, -0.25) is 4.79 Å². The maximum Gasteiger partial charge on any atom is 0.248 e. The highest BCUT2D eigenvalue weighted by Gasteiger charge is 2.04. The average Bonchev–Trinajstić information content (AvgIpc) is 2.93. The molecule has 0 aliphatic heterocycles. The minimum atomic E-state index is -0.145. The van der Waals surface area contributed by atoms with Crippen LogP contribution in [0.25, 0.3) is 16.3 Å². The molecule has 0 aliphatic carbocycles. The number of benzene rings is 2. The van der Waals surface area contributed by atoms with Crippen LogP contribution in [0.2, 0.25) is 0 Å². The highest BCUT2D eigenvalue weighted by molar-refractivity contribution is 7.19. The number of para-hydroxylation sites is 1. The van der Waals surface area contributed by atoms with Gasteiger partial charge in [0, 0.05) is 11.8 Å². The molecule has 3 rings (SSSR count). The summed E-state index contributed by atoms with van der Waals surface area (Å²) in [4.78, 5) is 16.5. The first-order valence-electron chi connectivity index (χ1n) is 7.04. The average molecular weight is 308 g/mol. The van der Waals surface area contributed by atoms with Gasteiger partial charge in [0.05, 0.1) is 10.2 Å². The first kappa shape index (κ1) is 14.5. The zero-order valence-corrected chi connectivity index (χ0v) is 13.3. The Hall–Kier alpha value is -2.46. The van der Waals surface area contributed by atoms with Gasteiger partial charge in [0.2, 0.25) is 5.91 Å². The number of aryl methyl sites for hydroxylation is 1. The molecule has 0 spiro atoms. The van der Waals surface area contributed by atoms with E-state index in [0.717, 1.165) is 32.0 Å². The van der Waals surface area contributed by atoms with Gasteiger partial charge in [0.15, 0.2) is 0 Å². The van der Waals surface area contributed by atoms with Crippen LogP contribution in [0.5, 0.6) is 0 Å². The third-order valence-electron chi connectivity index (χ3n) is 3.55. The number of anilines is 1. The smallest absolute Gasteiger partial charge is 0.248 e. The molecule has 1 amide bonds. The van der Waals surface area contributed by atoms with Gasteiger partial charge >= 0.3 is 0 Å². The minimum Gasteiger partial charge on any atom is -0.322 e. The molecule has 0 saturated heterocycles. The van der Waals surface area contributed by atoms with Gasteiger partial charge in [-0.2, -0.15) is 0 Å². The summed E-state index contributed by atoms with van der Waals surface area (Å²) in [7, 11) is 0. The molecule has 0 radical (unpaired) electrons. The number of fused-ring (bicyclic) bond motifs is 1. The second kappa shape index (κ2) is 6.12. The van der Waals surface area contributed by atoms with E-state index >= 15 is 0 Å². The summed E-state index contributed by atoms with van der Waals surface area (Å²) < 4.78 is 1.12. The van der Waals surface area contributed by atoms with Crippen LogP contribution in [0.3, 0.4) is 0 Å². The van der Waals surface area contributed by atoms with Gasteiger partial charge in [-0.25, -0.2) is 4.98 Å². The molecule has 4 heteroatoms. The minimum absolute atomic E-state index is 0.145. The van der Waals surface area contributed by atoms with Crippen molar-refractivity contribution in [1.29, 1.82) is 0 Å². The van der Waals surface area contributed by atoms with Crippen molar-refractivity contribution in [1.82, 2.24) is 4.98 Å². The molecule has 3 aromatic rings. The van der Waals surface area contributed by atoms with Crippen molar-refractivity contribution in [2.24, 2.45) is 0 Å². The molecule has 110 valence electrons. The number of carbonyl (C=O) groups is 1. The predicted octanol–water partition coefficient (Wildman–Crippen LogP) is 4.57. The molecular formula is C18H16N2OS. The lowest BCUT2D eigenvalue weighted by Gasteiger charge is -2.08. The molecule has 0 unspecified atom stereocenters. The third kappa shape index (κ3) is 3.07. The molecule has 0 aliphatic rings. The second-order valence-electron chi connectivity index (χ2n) is 5.09. The van der Waals surface area contributed by atoms with Crippen molar-refractivity contribution in [3.05, 3.63) is 64.7 Å². The zero-order valence-electron chi connectivity index (χ0n) is 12.5. The fourth-order valence-electron chi connectivity index (χ4n) is 2.17. The van der Waals surface area contributed by atoms with Crippen LogP contribution in [-0.2, 0) is 4.79 Å². The summed E-state index contributed by atoms with van der Waals surface area (Å²) in [5.41, 5.74) is 4.05. The maximum atomic E-state index is 12.0. The van der Waals surface area contributed by atoms with Gasteiger partial charge in [-0.15, -0.1) is 11.3 Å². The Kier molecular flexibility index (Phi) is 4.02. The van der Waals surface area contributed by atoms with Crippen LogP contribution < -0.4 is 5.32 Å². The summed E-state index contributed by atoms with van der Waals surface area (Å²) in [6.45, 7) is 4.03. The van der Waals surface area contributed by atoms with Crippen LogP contribution >= 0.6 is 11.3 Å². The van der Waals surface area contributed by atoms with Crippen molar-refractivity contribution in [2.45, 2.75) is 13.8 Å². The molecule has 0 fully saturated rings. The summed E-state index contributed by atoms with van der Waals surface area (Å²) in [5.74, 6) is -0.145. The van der Waals surface area contributed by atoms with Crippen molar-refractivity contribution in [3.63, 3.8) is 0 Å². The van der Waals surface area contributed by atoms with Crippen LogP contribution in [0.1, 0.15) is 16.1 Å². The number of hydrogen-bond acceptors (Lipinski definition) is 3. The summed E-state index contributed by atoms with van der Waals surface area (Å²) in [6, 6.07) is 13.8. The molecule has 1 aromatic heterocycles. The molecule has 0 atom stereocenters. The molecular weight excluding hydrogens is 292 g/mol. The van der Waals surface area contributed by atoms with Crippen LogP contribution in [0.4, 0.5) is 5.69 Å². The van der Waals surface area contributed by atoms with Crippen molar-refractivity contribution in [3.8, 4) is 0 Å². The Morgan fingerprint density at radius 3 is 2.77 bits per heavy atom. The fraction of sp³-hybridized carbons (Fsp3) is 0.111. The lowest BCUT2D eigenvalue weighted by molar-refractivity contribution is -0.111. The molecule has 1 N–H and O–H groups in total. The zero-order chi connectivity index (χ0) is 15.5. The number of thiazole rings is 1. The van der Waals surface area contributed by atoms with Gasteiger partial charge in [-0.05, 0) is 49.2 Å². The normalized spacial score (nSPS) is 11.2. The van der Waals surface area contributed by atoms with Crippen LogP contribution in [0, 0.1) is 13.8 Å². The number of carbonyl (C=O) groups excluding carboxylic acids is 1. The summed E-state index contributed by atoms with van der Waals surface area (Å²) in [6.07, 6.45) is 3.28. The van der Waals surface area contributed by atoms with Gasteiger partial charge < -0.3 is 5.32 Å². The number of hydrogen-bond donors (Lipinski definition) is 1. The Morgan fingerprint density at radius 1 is 1.14 bits per heavy atom. The molecule has 0 bridgehead atoms. The molecule has 22 heavy (non-hydrogen) atoms. The summed E-state index contributed by atoms with van der Waals surface area (Å²) in [5, 5.41) is 3.74. The fourth-order valence-corrected chi connectivity index (χ4v) is 3.04. The lowest BCUT2D eigenvalue weighted by Crippen LogP contribution is -2.09. The Labute approximate surface area is 133 Å². The first-order valence-corrected chi connectivity index (χ1v) is 7.86. The van der Waals surface area contributed by atoms with E-state index in [1.165, 1.54) is 6.08 Å². The highest BCUT2D eigenvalue weighted by atomic mass is 32.1. The number of nitrogens with zero attached hydrogens (tertiary/aromatic N) is 1. The number of nitrogens with one attached hydrogen (secondary N) is 1. The number of aromatic nitrogens is 1. The van der Waals surface area contributed by atoms with Crippen LogP contribution in [0.15, 0.2) is 48.5 Å². The summed E-state index contributed by atoms with van der Waals surface area (Å²) >= 11 is 1.57. The molecule has 3 nitrogen and oxygen atoms in total. The first-order chi connectivity index (χ1) is 10.6. The van der Waals surface area contributed by atoms with E-state index in [4.69, 9.17) is 0 Å². The monoisotopic (exact) mass is 308 g/mol. The van der Waals surface area contributed by atoms with E-state index in [1.54, 1.807) is 17.4 Å². The van der Waals surface area contributed by atoms with E-state index in [9.17, 15) is 4.79 Å². The molecule has 0 saturated carbocycles. The van der Waals surface area contributed by atoms with Gasteiger partial charge in [0.25, 0.3) is 0 Å². The third-order valence-corrected chi connectivity index (χ3v) is 4.55. The van der Waals surface area contributed by atoms with Gasteiger partial charge in [-0.1, -0.05) is 24.3 Å². The van der Waals surface area contributed by atoms with Gasteiger partial charge in [0.1, 0.15) is 5.01 Å². The Morgan fingerprint density at radius 2 is 1.95 bits per heavy atom. The Balaban J connectivity index is 1.74. The van der Waals surface area contributed by atoms with E-state index in [2.05, 4.69) is 10.3 Å². The molecule has 1 heterocycles. The van der Waals surface area contributed by atoms with E-state index < -0.39 is 0 Å². The predicted molar refractivity (Wildman–Crippen MR) is 93.2 cm³/mol. The topological polar surface area (TPSA) is 42.0 Å². The number of amides is 1. The Bertz CT molecular complexity index is 831. The standard InChI is InChI=1S/C18H16N2OS/c1-12-6-5-8-14(13(12)2)19-17(21)10-11-18-20-15-7-3-4-9-16(15)22-18/h3-11H,1-2H3,(H,19,21)/b11-10+. The highest BCUT2D eigenvalue weighted by Crippen LogP contribution is 2.22. The van der Waals surface area contributed by atoms with Crippen molar-refractivity contribution < 1.29 is 4.79 Å². The maximum absolute atomic E-state index is 12.0.